The standard InChI is InChI=1S/C24H22N4O6S/c1-15(22(29)25-14-16-7-3-2-4-8-16)34-23(30)18-9-5-6-10-19(18)28-35(32,33)17-11-12-20-21(13-17)27-24(31)26-20/h2-13,15,28H,14H2,1H3,(H,25,29)(H2,26,27,31). The lowest BCUT2D eigenvalue weighted by molar-refractivity contribution is -0.129. The number of para-hydroxylation sites is 1. The molecule has 180 valence electrons. The number of rotatable bonds is 8. The molecule has 0 saturated heterocycles. The van der Waals surface area contributed by atoms with Crippen molar-refractivity contribution in [1.29, 1.82) is 0 Å². The van der Waals surface area contributed by atoms with Gasteiger partial charge in [-0.15, -0.1) is 0 Å². The van der Waals surface area contributed by atoms with E-state index < -0.39 is 33.7 Å². The number of aromatic nitrogens is 2. The molecule has 1 amide bonds. The highest BCUT2D eigenvalue weighted by molar-refractivity contribution is 7.92. The van der Waals surface area contributed by atoms with Crippen LogP contribution in [-0.2, 0) is 26.1 Å². The maximum absolute atomic E-state index is 12.9. The summed E-state index contributed by atoms with van der Waals surface area (Å²) in [5, 5.41) is 2.69. The minimum Gasteiger partial charge on any atom is -0.449 e. The van der Waals surface area contributed by atoms with Gasteiger partial charge in [0, 0.05) is 6.54 Å². The molecule has 10 nitrogen and oxygen atoms in total. The van der Waals surface area contributed by atoms with Crippen LogP contribution in [0.15, 0.2) is 82.5 Å². The van der Waals surface area contributed by atoms with Crippen LogP contribution in [0.1, 0.15) is 22.8 Å². The number of hydrogen-bond acceptors (Lipinski definition) is 6. The highest BCUT2D eigenvalue weighted by Crippen LogP contribution is 2.23. The minimum atomic E-state index is -4.11. The third-order valence-corrected chi connectivity index (χ3v) is 6.51. The van der Waals surface area contributed by atoms with E-state index in [9.17, 15) is 22.8 Å². The zero-order chi connectivity index (χ0) is 25.0. The Labute approximate surface area is 200 Å². The summed E-state index contributed by atoms with van der Waals surface area (Å²) in [6, 6.07) is 19.2. The quantitative estimate of drug-likeness (QED) is 0.277. The molecule has 1 aromatic heterocycles. The monoisotopic (exact) mass is 494 g/mol. The van der Waals surface area contributed by atoms with Crippen LogP contribution in [0.2, 0.25) is 0 Å². The summed E-state index contributed by atoms with van der Waals surface area (Å²) in [5.41, 5.74) is 1.13. The fourth-order valence-corrected chi connectivity index (χ4v) is 4.44. The van der Waals surface area contributed by atoms with Gasteiger partial charge in [0.05, 0.1) is 27.2 Å². The zero-order valence-electron chi connectivity index (χ0n) is 18.6. The van der Waals surface area contributed by atoms with Crippen molar-refractivity contribution in [3.63, 3.8) is 0 Å². The van der Waals surface area contributed by atoms with Gasteiger partial charge in [0.1, 0.15) is 0 Å². The van der Waals surface area contributed by atoms with Crippen molar-refractivity contribution in [2.24, 2.45) is 0 Å². The highest BCUT2D eigenvalue weighted by Gasteiger charge is 2.23. The first-order chi connectivity index (χ1) is 16.7. The molecule has 0 aliphatic rings. The Morgan fingerprint density at radius 2 is 1.63 bits per heavy atom. The largest absolute Gasteiger partial charge is 0.449 e. The molecular weight excluding hydrogens is 472 g/mol. The van der Waals surface area contributed by atoms with E-state index >= 15 is 0 Å². The van der Waals surface area contributed by atoms with Crippen LogP contribution in [0.4, 0.5) is 5.69 Å². The van der Waals surface area contributed by atoms with Gasteiger partial charge < -0.3 is 20.0 Å². The average molecular weight is 495 g/mol. The van der Waals surface area contributed by atoms with Crippen LogP contribution >= 0.6 is 0 Å². The molecule has 4 rings (SSSR count). The second-order valence-corrected chi connectivity index (χ2v) is 9.37. The lowest BCUT2D eigenvalue weighted by Gasteiger charge is -2.16. The maximum atomic E-state index is 12.9. The predicted molar refractivity (Wildman–Crippen MR) is 129 cm³/mol. The first kappa shape index (κ1) is 23.8. The number of amides is 1. The van der Waals surface area contributed by atoms with Crippen molar-refractivity contribution in [1.82, 2.24) is 15.3 Å². The van der Waals surface area contributed by atoms with E-state index in [1.807, 2.05) is 30.3 Å². The Kier molecular flexibility index (Phi) is 6.69. The summed E-state index contributed by atoms with van der Waals surface area (Å²) < 4.78 is 33.5. The van der Waals surface area contributed by atoms with Crippen molar-refractivity contribution >= 4 is 38.6 Å². The number of ether oxygens (including phenoxy) is 1. The van der Waals surface area contributed by atoms with Crippen LogP contribution < -0.4 is 15.7 Å². The Bertz CT molecular complexity index is 1540. The number of nitrogens with one attached hydrogen (secondary N) is 4. The van der Waals surface area contributed by atoms with Crippen LogP contribution in [0, 0.1) is 0 Å². The number of fused-ring (bicyclic) bond motifs is 1. The van der Waals surface area contributed by atoms with Gasteiger partial charge in [0.2, 0.25) is 0 Å². The maximum Gasteiger partial charge on any atom is 0.341 e. The number of aromatic amines is 2. The molecule has 0 radical (unpaired) electrons. The number of benzene rings is 3. The first-order valence-corrected chi connectivity index (χ1v) is 12.1. The molecule has 35 heavy (non-hydrogen) atoms. The van der Waals surface area contributed by atoms with Crippen LogP contribution in [0.3, 0.4) is 0 Å². The van der Waals surface area contributed by atoms with Gasteiger partial charge in [-0.2, -0.15) is 0 Å². The van der Waals surface area contributed by atoms with Crippen molar-refractivity contribution in [3.05, 3.63) is 94.4 Å². The third-order valence-electron chi connectivity index (χ3n) is 5.15. The molecule has 1 atom stereocenters. The second-order valence-electron chi connectivity index (χ2n) is 7.69. The molecular formula is C24H22N4O6S. The van der Waals surface area contributed by atoms with Crippen LogP contribution in [0.25, 0.3) is 11.0 Å². The lowest BCUT2D eigenvalue weighted by Crippen LogP contribution is -2.35. The van der Waals surface area contributed by atoms with E-state index in [2.05, 4.69) is 20.0 Å². The fraction of sp³-hybridized carbons (Fsp3) is 0.125. The van der Waals surface area contributed by atoms with E-state index in [0.29, 0.717) is 11.0 Å². The Morgan fingerprint density at radius 3 is 2.40 bits per heavy atom. The van der Waals surface area contributed by atoms with Crippen LogP contribution in [0.5, 0.6) is 0 Å². The number of hydrogen-bond donors (Lipinski definition) is 4. The molecule has 0 spiro atoms. The minimum absolute atomic E-state index is 0.0166. The third kappa shape index (κ3) is 5.58. The summed E-state index contributed by atoms with van der Waals surface area (Å²) in [4.78, 5) is 41.5. The van der Waals surface area contributed by atoms with Gasteiger partial charge in [-0.3, -0.25) is 9.52 Å². The predicted octanol–water partition coefficient (Wildman–Crippen LogP) is 2.52. The van der Waals surface area contributed by atoms with Crippen LogP contribution in [-0.4, -0.2) is 36.4 Å². The Balaban J connectivity index is 1.47. The second kappa shape index (κ2) is 9.85. The first-order valence-electron chi connectivity index (χ1n) is 10.6. The topological polar surface area (TPSA) is 150 Å². The van der Waals surface area contributed by atoms with E-state index in [-0.39, 0.29) is 22.7 Å². The number of carbonyl (C=O) groups excluding carboxylic acids is 2. The van der Waals surface area contributed by atoms with E-state index in [1.54, 1.807) is 12.1 Å². The summed E-state index contributed by atoms with van der Waals surface area (Å²) in [5.74, 6) is -1.36. The molecule has 0 bridgehead atoms. The van der Waals surface area contributed by atoms with E-state index in [4.69, 9.17) is 4.74 Å². The highest BCUT2D eigenvalue weighted by atomic mass is 32.2. The Morgan fingerprint density at radius 1 is 0.943 bits per heavy atom. The molecule has 1 heterocycles. The van der Waals surface area contributed by atoms with Gasteiger partial charge in [-0.1, -0.05) is 42.5 Å². The normalized spacial score (nSPS) is 12.1. The number of esters is 1. The van der Waals surface area contributed by atoms with Gasteiger partial charge >= 0.3 is 11.7 Å². The van der Waals surface area contributed by atoms with Gasteiger partial charge in [0.15, 0.2) is 6.10 Å². The summed E-state index contributed by atoms with van der Waals surface area (Å²) in [6.45, 7) is 1.70. The molecule has 0 aliphatic carbocycles. The number of imidazole rings is 1. The van der Waals surface area contributed by atoms with Crippen molar-refractivity contribution in [2.45, 2.75) is 24.5 Å². The summed E-state index contributed by atoms with van der Waals surface area (Å²) in [6.07, 6.45) is -1.11. The molecule has 11 heteroatoms. The van der Waals surface area contributed by atoms with Gasteiger partial charge in [-0.05, 0) is 42.8 Å². The zero-order valence-corrected chi connectivity index (χ0v) is 19.4. The molecule has 4 aromatic rings. The summed E-state index contributed by atoms with van der Waals surface area (Å²) in [7, 11) is -4.11. The number of anilines is 1. The molecule has 4 N–H and O–H groups in total. The smallest absolute Gasteiger partial charge is 0.341 e. The fourth-order valence-electron chi connectivity index (χ4n) is 3.34. The molecule has 0 saturated carbocycles. The molecule has 0 fully saturated rings. The van der Waals surface area contributed by atoms with Gasteiger partial charge in [-0.25, -0.2) is 18.0 Å². The SMILES string of the molecule is CC(OC(=O)c1ccccc1NS(=O)(=O)c1ccc2[nH]c(=O)[nH]c2c1)C(=O)NCc1ccccc1. The van der Waals surface area contributed by atoms with Crippen molar-refractivity contribution in [3.8, 4) is 0 Å². The number of H-pyrrole nitrogens is 2. The Hall–Kier alpha value is -4.38. The molecule has 0 aliphatic heterocycles. The lowest BCUT2D eigenvalue weighted by atomic mass is 10.2. The van der Waals surface area contributed by atoms with Crippen molar-refractivity contribution in [2.75, 3.05) is 4.72 Å². The molecule has 3 aromatic carbocycles. The van der Waals surface area contributed by atoms with Gasteiger partial charge in [0.25, 0.3) is 15.9 Å². The van der Waals surface area contributed by atoms with Crippen molar-refractivity contribution < 1.29 is 22.7 Å². The van der Waals surface area contributed by atoms with E-state index in [0.717, 1.165) is 5.56 Å². The average Bonchev–Trinajstić information content (AvgIpc) is 3.22. The summed E-state index contributed by atoms with van der Waals surface area (Å²) >= 11 is 0. The molecule has 1 unspecified atom stereocenters. The number of carbonyl (C=O) groups is 2. The number of sulfonamides is 1. The van der Waals surface area contributed by atoms with E-state index in [1.165, 1.54) is 37.3 Å².